The van der Waals surface area contributed by atoms with Gasteiger partial charge in [-0.3, -0.25) is 9.55 Å². The van der Waals surface area contributed by atoms with Gasteiger partial charge in [-0.15, -0.1) is 0 Å². The quantitative estimate of drug-likeness (QED) is 0.639. The van der Waals surface area contributed by atoms with Gasteiger partial charge in [-0.05, 0) is 43.7 Å². The maximum absolute atomic E-state index is 13.3. The molecule has 0 unspecified atom stereocenters. The van der Waals surface area contributed by atoms with Gasteiger partial charge in [-0.1, -0.05) is 18.2 Å². The van der Waals surface area contributed by atoms with Crippen molar-refractivity contribution in [1.29, 1.82) is 0 Å². The first kappa shape index (κ1) is 18.4. The van der Waals surface area contributed by atoms with E-state index in [0.29, 0.717) is 10.9 Å². The Bertz CT molecular complexity index is 721. The number of hydrogen-bond donors (Lipinski definition) is 0. The first-order valence-electron chi connectivity index (χ1n) is 7.78. The lowest BCUT2D eigenvalue weighted by Crippen LogP contribution is -1.99. The van der Waals surface area contributed by atoms with E-state index in [1.54, 1.807) is 45.5 Å². The molecular weight excluding hydrogens is 325 g/mol. The highest BCUT2D eigenvalue weighted by molar-refractivity contribution is 7.65. The van der Waals surface area contributed by atoms with Crippen molar-refractivity contribution in [2.45, 2.75) is 13.8 Å². The Kier molecular flexibility index (Phi) is 6.73. The highest BCUT2D eigenvalue weighted by atomic mass is 31.2. The third-order valence-electron chi connectivity index (χ3n) is 3.25. The van der Waals surface area contributed by atoms with Crippen LogP contribution in [-0.4, -0.2) is 25.3 Å². The van der Waals surface area contributed by atoms with E-state index >= 15 is 0 Å². The molecule has 0 atom stereocenters. The fourth-order valence-corrected chi connectivity index (χ4v) is 4.03. The lowest BCUT2D eigenvalue weighted by Gasteiger charge is -2.20. The van der Waals surface area contributed by atoms with Gasteiger partial charge in [-0.25, -0.2) is 0 Å². The summed E-state index contributed by atoms with van der Waals surface area (Å²) in [6.45, 7) is 4.15. The Morgan fingerprint density at radius 3 is 2.50 bits per heavy atom. The number of aromatic nitrogens is 1. The molecule has 0 saturated carbocycles. The van der Waals surface area contributed by atoms with E-state index < -0.39 is 7.60 Å². The summed E-state index contributed by atoms with van der Waals surface area (Å²) in [7, 11) is -1.85. The molecule has 6 heteroatoms. The van der Waals surface area contributed by atoms with Crippen LogP contribution in [-0.2, 0) is 13.6 Å². The van der Waals surface area contributed by atoms with E-state index in [9.17, 15) is 4.57 Å². The smallest absolute Gasteiger partial charge is 0.361 e. The molecule has 0 amide bonds. The predicted molar refractivity (Wildman–Crippen MR) is 96.0 cm³/mol. The minimum absolute atomic E-state index is 0.285. The summed E-state index contributed by atoms with van der Waals surface area (Å²) < 4.78 is 29.6. The van der Waals surface area contributed by atoms with Crippen LogP contribution in [0.5, 0.6) is 5.75 Å². The van der Waals surface area contributed by atoms with Gasteiger partial charge in [0.05, 0.1) is 25.6 Å². The molecule has 0 aliphatic carbocycles. The number of benzene rings is 1. The van der Waals surface area contributed by atoms with E-state index in [4.69, 9.17) is 13.8 Å². The van der Waals surface area contributed by atoms with Gasteiger partial charge in [-0.2, -0.15) is 0 Å². The largest absolute Gasteiger partial charge is 0.497 e. The van der Waals surface area contributed by atoms with Crippen LogP contribution in [0.2, 0.25) is 0 Å². The van der Waals surface area contributed by atoms with Gasteiger partial charge in [0.25, 0.3) is 0 Å². The third kappa shape index (κ3) is 4.54. The molecule has 5 nitrogen and oxygen atoms in total. The summed E-state index contributed by atoms with van der Waals surface area (Å²) in [6, 6.07) is 11.1. The Labute approximate surface area is 142 Å². The second kappa shape index (κ2) is 8.78. The lowest BCUT2D eigenvalue weighted by atomic mass is 10.1. The third-order valence-corrected chi connectivity index (χ3v) is 5.42. The molecular formula is C18H22NO4P. The molecule has 1 aromatic heterocycles. The number of ether oxygens (including phenoxy) is 1. The summed E-state index contributed by atoms with van der Waals surface area (Å²) in [5.41, 5.74) is 1.54. The Hall–Kier alpha value is -1.94. The zero-order chi connectivity index (χ0) is 17.4. The minimum atomic E-state index is -3.46. The normalized spacial score (nSPS) is 12.2. The molecule has 0 radical (unpaired) electrons. The molecule has 0 N–H and O–H groups in total. The summed E-state index contributed by atoms with van der Waals surface area (Å²) >= 11 is 0. The molecule has 24 heavy (non-hydrogen) atoms. The van der Waals surface area contributed by atoms with E-state index in [1.165, 1.54) is 0 Å². The fourth-order valence-electron chi connectivity index (χ4n) is 2.24. The summed E-state index contributed by atoms with van der Waals surface area (Å²) in [5, 5.41) is 0.479. The van der Waals surface area contributed by atoms with Crippen LogP contribution >= 0.6 is 7.60 Å². The second-order valence-electron chi connectivity index (χ2n) is 4.88. The summed E-state index contributed by atoms with van der Waals surface area (Å²) in [5.74, 6) is 0.719. The van der Waals surface area contributed by atoms with Crippen LogP contribution in [0.25, 0.3) is 11.4 Å². The van der Waals surface area contributed by atoms with E-state index in [-0.39, 0.29) is 13.2 Å². The van der Waals surface area contributed by atoms with Crippen molar-refractivity contribution in [3.63, 3.8) is 0 Å². The van der Waals surface area contributed by atoms with Crippen molar-refractivity contribution in [1.82, 2.24) is 4.98 Å². The zero-order valence-electron chi connectivity index (χ0n) is 14.1. The molecule has 0 spiro atoms. The highest BCUT2D eigenvalue weighted by Gasteiger charge is 2.31. The zero-order valence-corrected chi connectivity index (χ0v) is 15.0. The van der Waals surface area contributed by atoms with E-state index in [0.717, 1.165) is 11.3 Å². The molecule has 0 aliphatic rings. The molecule has 1 heterocycles. The molecule has 0 saturated heterocycles. The topological polar surface area (TPSA) is 57.7 Å². The van der Waals surface area contributed by atoms with E-state index in [2.05, 4.69) is 4.98 Å². The number of pyridine rings is 1. The van der Waals surface area contributed by atoms with E-state index in [1.807, 2.05) is 30.3 Å². The van der Waals surface area contributed by atoms with Gasteiger partial charge in [0.1, 0.15) is 5.75 Å². The van der Waals surface area contributed by atoms with Crippen LogP contribution in [0.3, 0.4) is 0 Å². The van der Waals surface area contributed by atoms with Gasteiger partial charge >= 0.3 is 7.60 Å². The Morgan fingerprint density at radius 1 is 1.17 bits per heavy atom. The first-order valence-corrected chi connectivity index (χ1v) is 9.33. The molecule has 0 fully saturated rings. The molecule has 1 aromatic carbocycles. The highest BCUT2D eigenvalue weighted by Crippen LogP contribution is 2.61. The number of methoxy groups -OCH3 is 1. The average Bonchev–Trinajstić information content (AvgIpc) is 2.61. The summed E-state index contributed by atoms with van der Waals surface area (Å²) in [6.07, 6.45) is 5.11. The van der Waals surface area contributed by atoms with Crippen LogP contribution < -0.4 is 4.74 Å². The van der Waals surface area contributed by atoms with Crippen LogP contribution in [0.4, 0.5) is 0 Å². The van der Waals surface area contributed by atoms with Crippen molar-refractivity contribution in [2.24, 2.45) is 0 Å². The Balaban J connectivity index is 2.57. The number of rotatable bonds is 8. The van der Waals surface area contributed by atoms with Gasteiger partial charge in [0.2, 0.25) is 0 Å². The number of hydrogen-bond acceptors (Lipinski definition) is 5. The molecule has 2 aromatic rings. The molecule has 0 aliphatic heterocycles. The molecule has 0 bridgehead atoms. The van der Waals surface area contributed by atoms with Crippen molar-refractivity contribution in [2.75, 3.05) is 20.3 Å². The van der Waals surface area contributed by atoms with Gasteiger partial charge in [0.15, 0.2) is 0 Å². The maximum atomic E-state index is 13.3. The van der Waals surface area contributed by atoms with Gasteiger partial charge < -0.3 is 13.8 Å². The molecule has 128 valence electrons. The number of nitrogens with zero attached hydrogens (tertiary/aromatic N) is 1. The minimum Gasteiger partial charge on any atom is -0.497 e. The fraction of sp³-hybridized carbons (Fsp3) is 0.278. The average molecular weight is 347 g/mol. The first-order chi connectivity index (χ1) is 11.6. The van der Waals surface area contributed by atoms with Crippen molar-refractivity contribution < 1.29 is 18.3 Å². The van der Waals surface area contributed by atoms with Crippen LogP contribution in [0.15, 0.2) is 48.8 Å². The maximum Gasteiger partial charge on any atom is 0.361 e. The summed E-state index contributed by atoms with van der Waals surface area (Å²) in [4.78, 5) is 4.12. The molecule has 2 rings (SSSR count). The lowest BCUT2D eigenvalue weighted by molar-refractivity contribution is 0.231. The second-order valence-corrected chi connectivity index (χ2v) is 6.87. The van der Waals surface area contributed by atoms with Crippen LogP contribution in [0.1, 0.15) is 25.0 Å². The van der Waals surface area contributed by atoms with Crippen molar-refractivity contribution in [3.8, 4) is 5.75 Å². The van der Waals surface area contributed by atoms with Crippen molar-refractivity contribution >= 4 is 19.0 Å². The Morgan fingerprint density at radius 2 is 1.92 bits per heavy atom. The van der Waals surface area contributed by atoms with Crippen LogP contribution in [0, 0.1) is 0 Å². The van der Waals surface area contributed by atoms with Crippen molar-refractivity contribution in [3.05, 3.63) is 59.9 Å². The monoisotopic (exact) mass is 347 g/mol. The van der Waals surface area contributed by atoms with Gasteiger partial charge in [0, 0.05) is 18.0 Å². The SMILES string of the molecule is CCOP(=O)(OCC)C(=Cc1cccc(OC)c1)c1cccnc1. The predicted octanol–water partition coefficient (Wildman–Crippen LogP) is 4.85. The standard InChI is InChI=1S/C18H22NO4P/c1-4-22-24(20,23-5-2)18(16-9-7-11-19-14-16)13-15-8-6-10-17(12-15)21-3/h6-14H,4-5H2,1-3H3.